The molecule has 2 aliphatic carbocycles. The quantitative estimate of drug-likeness (QED) is 0.202. The minimum Gasteiger partial charge on any atom is -0.487 e. The van der Waals surface area contributed by atoms with Gasteiger partial charge in [-0.1, -0.05) is 86.1 Å². The number of nitrogens with zero attached hydrogens (tertiary/aromatic N) is 2. The highest BCUT2D eigenvalue weighted by atomic mass is 16.6. The van der Waals surface area contributed by atoms with Crippen molar-refractivity contribution in [2.45, 2.75) is 89.0 Å². The van der Waals surface area contributed by atoms with E-state index in [0.717, 1.165) is 49.2 Å². The molecule has 7 rings (SSSR count). The third kappa shape index (κ3) is 5.06. The minimum atomic E-state index is -0.724. The molecule has 2 bridgehead atoms. The summed E-state index contributed by atoms with van der Waals surface area (Å²) in [6.45, 7) is 10.4. The van der Waals surface area contributed by atoms with Crippen molar-refractivity contribution in [2.75, 3.05) is 19.6 Å². The van der Waals surface area contributed by atoms with Crippen LogP contribution in [0.5, 0.6) is 5.75 Å². The van der Waals surface area contributed by atoms with E-state index in [0.29, 0.717) is 19.4 Å². The lowest BCUT2D eigenvalue weighted by Gasteiger charge is -2.65. The Morgan fingerprint density at radius 2 is 1.87 bits per heavy atom. The smallest absolute Gasteiger partial charge is 0.303 e. The minimum absolute atomic E-state index is 0.00373. The number of hydrogen-bond acceptors (Lipinski definition) is 5. The van der Waals surface area contributed by atoms with E-state index < -0.39 is 11.0 Å². The third-order valence-corrected chi connectivity index (χ3v) is 11.0. The number of aryl methyl sites for hydroxylation is 1. The van der Waals surface area contributed by atoms with Crippen LogP contribution in [-0.4, -0.2) is 65.1 Å². The van der Waals surface area contributed by atoms with Gasteiger partial charge in [0, 0.05) is 31.7 Å². The monoisotopic (exact) mass is 618 g/mol. The van der Waals surface area contributed by atoms with Gasteiger partial charge in [-0.2, -0.15) is 0 Å². The van der Waals surface area contributed by atoms with Crippen molar-refractivity contribution in [1.82, 2.24) is 9.80 Å². The Morgan fingerprint density at radius 3 is 2.63 bits per heavy atom. The second kappa shape index (κ2) is 12.0. The summed E-state index contributed by atoms with van der Waals surface area (Å²) < 4.78 is 13.7. The summed E-state index contributed by atoms with van der Waals surface area (Å²) in [5.41, 5.74) is 4.76. The van der Waals surface area contributed by atoms with E-state index in [4.69, 9.17) is 9.47 Å². The van der Waals surface area contributed by atoms with E-state index >= 15 is 0 Å². The van der Waals surface area contributed by atoms with Gasteiger partial charge in [-0.15, -0.1) is 0 Å². The van der Waals surface area contributed by atoms with Crippen LogP contribution >= 0.6 is 0 Å². The predicted molar refractivity (Wildman–Crippen MR) is 181 cm³/mol. The van der Waals surface area contributed by atoms with Gasteiger partial charge in [-0.25, -0.2) is 0 Å². The molecular formula is C40H46N2O4. The van der Waals surface area contributed by atoms with E-state index in [1.165, 1.54) is 16.7 Å². The average molecular weight is 619 g/mol. The van der Waals surface area contributed by atoms with Crippen LogP contribution in [0, 0.1) is 12.8 Å². The largest absolute Gasteiger partial charge is 0.487 e. The number of hydrogen-bond donors (Lipinski definition) is 0. The highest BCUT2D eigenvalue weighted by molar-refractivity contribution is 5.92. The molecule has 3 aromatic rings. The fraction of sp³-hybridized carbons (Fsp3) is 0.450. The lowest BCUT2D eigenvalue weighted by molar-refractivity contribution is -0.224. The number of piperidine rings is 1. The van der Waals surface area contributed by atoms with Crippen molar-refractivity contribution in [3.63, 3.8) is 0 Å². The van der Waals surface area contributed by atoms with Gasteiger partial charge in [0.2, 0.25) is 5.91 Å². The molecular weight excluding hydrogens is 572 g/mol. The molecule has 1 amide bonds. The maximum absolute atomic E-state index is 14.2. The summed E-state index contributed by atoms with van der Waals surface area (Å²) in [5.74, 6) is 0.946. The molecule has 6 nitrogen and oxygen atoms in total. The van der Waals surface area contributed by atoms with Crippen LogP contribution in [0.15, 0.2) is 78.9 Å². The zero-order chi connectivity index (χ0) is 32.1. The Kier molecular flexibility index (Phi) is 8.04. The summed E-state index contributed by atoms with van der Waals surface area (Å²) in [6, 6.07) is 25.2. The first-order valence-corrected chi connectivity index (χ1v) is 17.0. The van der Waals surface area contributed by atoms with Gasteiger partial charge in [0.15, 0.2) is 0 Å². The molecule has 0 radical (unpaired) electrons. The van der Waals surface area contributed by atoms with Crippen LogP contribution in [0.4, 0.5) is 0 Å². The van der Waals surface area contributed by atoms with Crippen molar-refractivity contribution >= 4 is 18.0 Å². The van der Waals surface area contributed by atoms with Crippen LogP contribution in [-0.2, 0) is 32.6 Å². The Morgan fingerprint density at radius 1 is 1.07 bits per heavy atom. The number of ether oxygens (including phenoxy) is 2. The van der Waals surface area contributed by atoms with Crippen molar-refractivity contribution in [3.8, 4) is 5.75 Å². The maximum atomic E-state index is 14.2. The molecule has 2 heterocycles. The SMILES string of the molecule is CC(=O)O[C@@]12CC[C@H](N(CC(C)C)C(=O)C=Cc3cccc(C)c3)[C@@H]3Oc4cccc5c4[C@@]31CCN(CCc1ccccc1)[C@@H]2C5. The molecule has 240 valence electrons. The van der Waals surface area contributed by atoms with Gasteiger partial charge in [0.1, 0.15) is 17.5 Å². The van der Waals surface area contributed by atoms with Crippen molar-refractivity contribution in [3.05, 3.63) is 107 Å². The standard InChI is InChI=1S/C40H46N2O4/c1-27(2)26-42(36(44)17-16-31-13-8-10-28(3)24-31)33-18-20-40(46-29(4)43)35-25-32-14-9-15-34-37(32)39(40,38(33)45-34)21-23-41(35)22-19-30-11-6-5-7-12-30/h5-17,24,27,33,35,38H,18-23,25-26H2,1-4H3/t33-,35+,38-,39-,40+/m0/s1. The molecule has 0 aromatic heterocycles. The van der Waals surface area contributed by atoms with Crippen molar-refractivity contribution in [1.29, 1.82) is 0 Å². The highest BCUT2D eigenvalue weighted by Gasteiger charge is 2.75. The Hall–Kier alpha value is -3.90. The summed E-state index contributed by atoms with van der Waals surface area (Å²) in [6.07, 6.45) is 7.35. The number of esters is 1. The molecule has 46 heavy (non-hydrogen) atoms. The lowest BCUT2D eigenvalue weighted by Crippen LogP contribution is -2.79. The molecule has 0 N–H and O–H groups in total. The van der Waals surface area contributed by atoms with E-state index in [2.05, 4.69) is 91.2 Å². The summed E-state index contributed by atoms with van der Waals surface area (Å²) in [5, 5.41) is 0. The zero-order valence-electron chi connectivity index (χ0n) is 27.6. The first-order valence-electron chi connectivity index (χ1n) is 17.0. The van der Waals surface area contributed by atoms with Crippen molar-refractivity contribution < 1.29 is 19.1 Å². The van der Waals surface area contributed by atoms with Gasteiger partial charge < -0.3 is 14.4 Å². The van der Waals surface area contributed by atoms with Gasteiger partial charge in [-0.3, -0.25) is 14.5 Å². The Bertz CT molecular complexity index is 1650. The number of benzene rings is 3. The van der Waals surface area contributed by atoms with E-state index in [9.17, 15) is 9.59 Å². The van der Waals surface area contributed by atoms with Crippen LogP contribution in [0.1, 0.15) is 67.9 Å². The van der Waals surface area contributed by atoms with Gasteiger partial charge in [0.25, 0.3) is 0 Å². The van der Waals surface area contributed by atoms with E-state index in [-0.39, 0.29) is 36.0 Å². The predicted octanol–water partition coefficient (Wildman–Crippen LogP) is 6.53. The highest BCUT2D eigenvalue weighted by Crippen LogP contribution is 2.65. The maximum Gasteiger partial charge on any atom is 0.303 e. The Labute approximate surface area is 273 Å². The van der Waals surface area contributed by atoms with Gasteiger partial charge in [0.05, 0.1) is 17.5 Å². The third-order valence-electron chi connectivity index (χ3n) is 11.0. The normalized spacial score (nSPS) is 27.7. The Balaban J connectivity index is 1.28. The van der Waals surface area contributed by atoms with Gasteiger partial charge >= 0.3 is 5.97 Å². The molecule has 2 fully saturated rings. The lowest BCUT2D eigenvalue weighted by atomic mass is 9.48. The van der Waals surface area contributed by atoms with Crippen LogP contribution in [0.25, 0.3) is 6.08 Å². The average Bonchev–Trinajstić information content (AvgIpc) is 3.37. The molecule has 1 saturated heterocycles. The molecule has 4 aliphatic rings. The van der Waals surface area contributed by atoms with Crippen LogP contribution < -0.4 is 4.74 Å². The first-order chi connectivity index (χ1) is 22.2. The molecule has 0 unspecified atom stereocenters. The fourth-order valence-electron chi connectivity index (χ4n) is 9.33. The number of carbonyl (C=O) groups excluding carboxylic acids is 2. The van der Waals surface area contributed by atoms with Crippen LogP contribution in [0.3, 0.4) is 0 Å². The topological polar surface area (TPSA) is 59.1 Å². The number of rotatable bonds is 9. The zero-order valence-corrected chi connectivity index (χ0v) is 27.6. The number of likely N-dealkylation sites (tertiary alicyclic amines) is 1. The first kappa shape index (κ1) is 30.7. The summed E-state index contributed by atoms with van der Waals surface area (Å²) >= 11 is 0. The summed E-state index contributed by atoms with van der Waals surface area (Å²) in [4.78, 5) is 31.9. The fourth-order valence-corrected chi connectivity index (χ4v) is 9.33. The molecule has 3 aromatic carbocycles. The molecule has 1 saturated carbocycles. The molecule has 2 aliphatic heterocycles. The van der Waals surface area contributed by atoms with E-state index in [1.807, 2.05) is 18.2 Å². The van der Waals surface area contributed by atoms with Crippen molar-refractivity contribution in [2.24, 2.45) is 5.92 Å². The number of amides is 1. The molecule has 5 atom stereocenters. The second-order valence-electron chi connectivity index (χ2n) is 14.3. The number of carbonyl (C=O) groups is 2. The molecule has 1 spiro atoms. The van der Waals surface area contributed by atoms with Crippen LogP contribution in [0.2, 0.25) is 0 Å². The summed E-state index contributed by atoms with van der Waals surface area (Å²) in [7, 11) is 0. The van der Waals surface area contributed by atoms with E-state index in [1.54, 1.807) is 13.0 Å². The molecule has 6 heteroatoms. The second-order valence-corrected chi connectivity index (χ2v) is 14.3. The van der Waals surface area contributed by atoms with Gasteiger partial charge in [-0.05, 0) is 80.3 Å².